The van der Waals surface area contributed by atoms with Gasteiger partial charge in [0.2, 0.25) is 0 Å². The fraction of sp³-hybridized carbons (Fsp3) is 0.143. The maximum Gasteiger partial charge on any atom is 0.146 e. The molecule has 0 unspecified atom stereocenters. The highest BCUT2D eigenvalue weighted by molar-refractivity contribution is 7.16. The van der Waals surface area contributed by atoms with Crippen molar-refractivity contribution in [3.05, 3.63) is 23.2 Å². The molecular formula is C7H6N2S. The fourth-order valence-corrected chi connectivity index (χ4v) is 1.44. The average Bonchev–Trinajstić information content (AvgIpc) is 2.27. The smallest absolute Gasteiger partial charge is 0.146 e. The molecule has 2 nitrogen and oxygen atoms in total. The first kappa shape index (κ1) is 4.79. The average molecular weight is 151 g/mol. The van der Waals surface area contributed by atoms with Crippen molar-refractivity contribution in [2.45, 2.75) is 6.92 Å². The van der Waals surface area contributed by atoms with Crippen LogP contribution in [0, 0.1) is 6.92 Å². The third kappa shape index (κ3) is 0.789. The van der Waals surface area contributed by atoms with Gasteiger partial charge in [-0.25, -0.2) is 0 Å². The van der Waals surface area contributed by atoms with Gasteiger partial charge in [0.05, 0.1) is 7.06 Å². The van der Waals surface area contributed by atoms with Gasteiger partial charge in [0.25, 0.3) is 0 Å². The Labute approximate surface area is 63.9 Å². The van der Waals surface area contributed by atoms with E-state index in [9.17, 15) is 0 Å². The Bertz CT molecular complexity index is 396. The number of fused-ring (bicyclic) bond motifs is 1. The van der Waals surface area contributed by atoms with Crippen molar-refractivity contribution in [3.63, 3.8) is 0 Å². The molecule has 3 heteroatoms. The molecule has 2 rings (SSSR count). The number of aryl methyl sites for hydroxylation is 1. The molecule has 0 N–H and O–H groups in total. The van der Waals surface area contributed by atoms with Gasteiger partial charge in [-0.15, -0.1) is 16.4 Å². The van der Waals surface area contributed by atoms with E-state index < -0.39 is 0 Å². The van der Waals surface area contributed by atoms with Crippen molar-refractivity contribution < 1.29 is 1.37 Å². The summed E-state index contributed by atoms with van der Waals surface area (Å²) in [6.07, 6.45) is 0. The van der Waals surface area contributed by atoms with Gasteiger partial charge >= 0.3 is 0 Å². The van der Waals surface area contributed by atoms with Crippen molar-refractivity contribution in [1.29, 1.82) is 0 Å². The van der Waals surface area contributed by atoms with Crippen LogP contribution in [0.2, 0.25) is 0 Å². The van der Waals surface area contributed by atoms with E-state index in [1.165, 1.54) is 11.3 Å². The molecule has 50 valence electrons. The Morgan fingerprint density at radius 1 is 1.60 bits per heavy atom. The molecule has 0 spiro atoms. The molecule has 0 bridgehead atoms. The van der Waals surface area contributed by atoms with Crippen molar-refractivity contribution >= 4 is 21.6 Å². The van der Waals surface area contributed by atoms with Crippen molar-refractivity contribution in [2.24, 2.45) is 0 Å². The predicted molar refractivity (Wildman–Crippen MR) is 42.2 cm³/mol. The minimum atomic E-state index is 0.542. The summed E-state index contributed by atoms with van der Waals surface area (Å²) in [5.41, 5.74) is 0.898. The van der Waals surface area contributed by atoms with E-state index in [-0.39, 0.29) is 0 Å². The molecule has 0 aliphatic carbocycles. The molecule has 0 radical (unpaired) electrons. The van der Waals surface area contributed by atoms with Crippen LogP contribution in [-0.2, 0) is 0 Å². The summed E-state index contributed by atoms with van der Waals surface area (Å²) >= 11 is 1.35. The summed E-state index contributed by atoms with van der Waals surface area (Å²) in [6.45, 7) is 1.90. The maximum absolute atomic E-state index is 7.34. The largest absolute Gasteiger partial charge is 0.155 e. The second kappa shape index (κ2) is 2.02. The first-order chi connectivity index (χ1) is 5.25. The van der Waals surface area contributed by atoms with E-state index in [0.29, 0.717) is 5.36 Å². The van der Waals surface area contributed by atoms with Crippen LogP contribution in [0.25, 0.3) is 10.2 Å². The van der Waals surface area contributed by atoms with Crippen molar-refractivity contribution in [1.82, 2.24) is 10.2 Å². The van der Waals surface area contributed by atoms with Crippen LogP contribution in [0.3, 0.4) is 0 Å². The summed E-state index contributed by atoms with van der Waals surface area (Å²) in [5, 5.41) is 9.41. The zero-order valence-corrected chi connectivity index (χ0v) is 6.27. The monoisotopic (exact) mass is 151 g/mol. The van der Waals surface area contributed by atoms with E-state index in [4.69, 9.17) is 1.37 Å². The second-order valence-corrected chi connectivity index (χ2v) is 2.94. The van der Waals surface area contributed by atoms with E-state index in [2.05, 4.69) is 10.2 Å². The Morgan fingerprint density at radius 3 is 3.40 bits per heavy atom. The highest BCUT2D eigenvalue weighted by Crippen LogP contribution is 2.16. The molecule has 0 fully saturated rings. The molecule has 2 aromatic heterocycles. The number of aromatic nitrogens is 2. The molecule has 0 aliphatic rings. The Kier molecular flexibility index (Phi) is 0.969. The zero-order chi connectivity index (χ0) is 7.84. The summed E-state index contributed by atoms with van der Waals surface area (Å²) in [6, 6.07) is 3.75. The van der Waals surface area contributed by atoms with E-state index in [1.54, 1.807) is 0 Å². The van der Waals surface area contributed by atoms with Crippen LogP contribution < -0.4 is 0 Å². The lowest BCUT2D eigenvalue weighted by molar-refractivity contribution is 1.03. The molecule has 2 aromatic rings. The minimum absolute atomic E-state index is 0.542. The van der Waals surface area contributed by atoms with Crippen LogP contribution in [-0.4, -0.2) is 10.2 Å². The first-order valence-electron chi connectivity index (χ1n) is 3.46. The highest BCUT2D eigenvalue weighted by Gasteiger charge is 1.94. The number of rotatable bonds is 0. The molecular weight excluding hydrogens is 144 g/mol. The molecule has 2 heterocycles. The van der Waals surface area contributed by atoms with Crippen molar-refractivity contribution in [2.75, 3.05) is 0 Å². The van der Waals surface area contributed by atoms with Gasteiger partial charge in [-0.05, 0) is 24.4 Å². The normalized spacial score (nSPS) is 11.9. The molecule has 0 atom stereocenters. The predicted octanol–water partition coefficient (Wildman–Crippen LogP) is 2.00. The summed E-state index contributed by atoms with van der Waals surface area (Å²) in [4.78, 5) is 0.848. The van der Waals surface area contributed by atoms with Crippen LogP contribution in [0.4, 0.5) is 0 Å². The van der Waals surface area contributed by atoms with Gasteiger partial charge in [0, 0.05) is 5.39 Å². The summed E-state index contributed by atoms with van der Waals surface area (Å²) in [7, 11) is 0. The van der Waals surface area contributed by atoms with E-state index in [0.717, 1.165) is 15.9 Å². The van der Waals surface area contributed by atoms with Gasteiger partial charge < -0.3 is 0 Å². The third-order valence-corrected chi connectivity index (χ3v) is 2.03. The molecule has 0 saturated heterocycles. The van der Waals surface area contributed by atoms with Gasteiger partial charge in [0.1, 0.15) is 4.83 Å². The zero-order valence-electron chi connectivity index (χ0n) is 6.46. The lowest BCUT2D eigenvalue weighted by Gasteiger charge is -1.87. The lowest BCUT2D eigenvalue weighted by Crippen LogP contribution is -1.82. The number of hydrogen-bond acceptors (Lipinski definition) is 3. The lowest BCUT2D eigenvalue weighted by atomic mass is 10.3. The van der Waals surface area contributed by atoms with Gasteiger partial charge in [-0.2, -0.15) is 5.10 Å². The molecule has 0 amide bonds. The van der Waals surface area contributed by atoms with Crippen LogP contribution in [0.1, 0.15) is 7.06 Å². The van der Waals surface area contributed by atoms with Crippen LogP contribution >= 0.6 is 11.3 Å². The molecule has 0 aromatic carbocycles. The maximum atomic E-state index is 7.34. The number of thiophene rings is 1. The first-order valence-corrected chi connectivity index (χ1v) is 3.78. The summed E-state index contributed by atoms with van der Waals surface area (Å²) < 4.78 is 7.34. The SMILES string of the molecule is [2H]c1cc2cc(C)nnc2s1. The minimum Gasteiger partial charge on any atom is -0.155 e. The topological polar surface area (TPSA) is 25.8 Å². The molecule has 10 heavy (non-hydrogen) atoms. The van der Waals surface area contributed by atoms with Crippen LogP contribution in [0.5, 0.6) is 0 Å². The van der Waals surface area contributed by atoms with Gasteiger partial charge in [-0.1, -0.05) is 0 Å². The Hall–Kier alpha value is -0.960. The molecule has 0 saturated carbocycles. The van der Waals surface area contributed by atoms with Crippen molar-refractivity contribution in [3.8, 4) is 0 Å². The van der Waals surface area contributed by atoms with E-state index >= 15 is 0 Å². The quantitative estimate of drug-likeness (QED) is 0.575. The van der Waals surface area contributed by atoms with E-state index in [1.807, 2.05) is 19.1 Å². The van der Waals surface area contributed by atoms with Crippen LogP contribution in [0.15, 0.2) is 17.5 Å². The Morgan fingerprint density at radius 2 is 2.50 bits per heavy atom. The molecule has 0 aliphatic heterocycles. The van der Waals surface area contributed by atoms with Gasteiger partial charge in [-0.3, -0.25) is 0 Å². The number of nitrogens with zero attached hydrogens (tertiary/aromatic N) is 2. The highest BCUT2D eigenvalue weighted by atomic mass is 32.1. The second-order valence-electron chi connectivity index (χ2n) is 2.11. The third-order valence-electron chi connectivity index (χ3n) is 1.28. The van der Waals surface area contributed by atoms with Gasteiger partial charge in [0.15, 0.2) is 0 Å². The number of hydrogen-bond donors (Lipinski definition) is 0. The standard InChI is InChI=1S/C7H6N2S/c1-5-4-6-2-3-10-7(6)9-8-5/h2-4H,1H3/i3D. The Balaban J connectivity index is 2.82. The fourth-order valence-electron chi connectivity index (χ4n) is 0.829. The summed E-state index contributed by atoms with van der Waals surface area (Å²) in [5.74, 6) is 0.